The van der Waals surface area contributed by atoms with Crippen LogP contribution in [0.4, 0.5) is 0 Å². The van der Waals surface area contributed by atoms with Gasteiger partial charge in [0.05, 0.1) is 17.1 Å². The SMILES string of the molecule is Cc1cccc(C)c1-n1nnnc1SCc1csc(-c2ccccn2)n1. The molecule has 26 heavy (non-hydrogen) atoms. The predicted octanol–water partition coefficient (Wildman–Crippen LogP) is 4.09. The van der Waals surface area contributed by atoms with E-state index in [-0.39, 0.29) is 0 Å². The Balaban J connectivity index is 1.54. The minimum absolute atomic E-state index is 0.703. The molecule has 0 atom stereocenters. The topological polar surface area (TPSA) is 69.4 Å². The Kier molecular flexibility index (Phi) is 4.77. The fourth-order valence-electron chi connectivity index (χ4n) is 2.67. The third-order valence-electron chi connectivity index (χ3n) is 3.88. The second-order valence-corrected chi connectivity index (χ2v) is 7.56. The molecule has 0 amide bonds. The van der Waals surface area contributed by atoms with Crippen LogP contribution >= 0.6 is 23.1 Å². The fraction of sp³-hybridized carbons (Fsp3) is 0.167. The number of pyridine rings is 1. The molecule has 6 nitrogen and oxygen atoms in total. The second kappa shape index (κ2) is 7.35. The first kappa shape index (κ1) is 16.9. The van der Waals surface area contributed by atoms with Gasteiger partial charge in [0.15, 0.2) is 0 Å². The van der Waals surface area contributed by atoms with E-state index in [0.717, 1.165) is 38.4 Å². The average molecular weight is 381 g/mol. The first-order valence-corrected chi connectivity index (χ1v) is 9.92. The lowest BCUT2D eigenvalue weighted by Gasteiger charge is -2.10. The lowest BCUT2D eigenvalue weighted by molar-refractivity contribution is 0.747. The van der Waals surface area contributed by atoms with E-state index in [1.165, 1.54) is 0 Å². The van der Waals surface area contributed by atoms with Gasteiger partial charge in [0.1, 0.15) is 5.01 Å². The Morgan fingerprint density at radius 1 is 1.08 bits per heavy atom. The van der Waals surface area contributed by atoms with Crippen molar-refractivity contribution in [1.29, 1.82) is 0 Å². The molecule has 0 bridgehead atoms. The van der Waals surface area contributed by atoms with Gasteiger partial charge in [-0.3, -0.25) is 4.98 Å². The number of aromatic nitrogens is 6. The summed E-state index contributed by atoms with van der Waals surface area (Å²) in [5.41, 5.74) is 5.22. The predicted molar refractivity (Wildman–Crippen MR) is 104 cm³/mol. The number of hydrogen-bond acceptors (Lipinski definition) is 7. The number of para-hydroxylation sites is 1. The number of hydrogen-bond donors (Lipinski definition) is 0. The lowest BCUT2D eigenvalue weighted by Crippen LogP contribution is -2.04. The van der Waals surface area contributed by atoms with E-state index in [4.69, 9.17) is 0 Å². The first-order chi connectivity index (χ1) is 12.7. The van der Waals surface area contributed by atoms with Crippen LogP contribution in [0.2, 0.25) is 0 Å². The van der Waals surface area contributed by atoms with Crippen LogP contribution in [-0.2, 0) is 5.75 Å². The Morgan fingerprint density at radius 2 is 1.92 bits per heavy atom. The molecule has 130 valence electrons. The molecule has 0 aliphatic rings. The van der Waals surface area contributed by atoms with Gasteiger partial charge in [-0.2, -0.15) is 4.68 Å². The number of tetrazole rings is 1. The normalized spacial score (nSPS) is 11.0. The van der Waals surface area contributed by atoms with Crippen LogP contribution in [0.25, 0.3) is 16.4 Å². The number of rotatable bonds is 5. The summed E-state index contributed by atoms with van der Waals surface area (Å²) in [5.74, 6) is 0.703. The van der Waals surface area contributed by atoms with Crippen molar-refractivity contribution in [1.82, 2.24) is 30.2 Å². The smallest absolute Gasteiger partial charge is 0.214 e. The van der Waals surface area contributed by atoms with Crippen LogP contribution in [0.15, 0.2) is 53.1 Å². The molecule has 0 saturated heterocycles. The number of benzene rings is 1. The van der Waals surface area contributed by atoms with Gasteiger partial charge < -0.3 is 0 Å². The summed E-state index contributed by atoms with van der Waals surface area (Å²) in [7, 11) is 0. The minimum Gasteiger partial charge on any atom is -0.254 e. The summed E-state index contributed by atoms with van der Waals surface area (Å²) < 4.78 is 1.81. The van der Waals surface area contributed by atoms with Gasteiger partial charge in [-0.1, -0.05) is 36.0 Å². The number of aryl methyl sites for hydroxylation is 2. The van der Waals surface area contributed by atoms with Crippen molar-refractivity contribution in [2.24, 2.45) is 0 Å². The van der Waals surface area contributed by atoms with E-state index >= 15 is 0 Å². The standard InChI is InChI=1S/C18H16N6S2/c1-12-6-5-7-13(2)16(12)24-18(21-22-23-24)26-11-14-10-25-17(20-14)15-8-3-4-9-19-15/h3-10H,11H2,1-2H3. The van der Waals surface area contributed by atoms with Gasteiger partial charge in [0.2, 0.25) is 5.16 Å². The molecule has 0 unspecified atom stereocenters. The highest BCUT2D eigenvalue weighted by atomic mass is 32.2. The Labute approximate surface area is 159 Å². The molecule has 0 radical (unpaired) electrons. The maximum Gasteiger partial charge on any atom is 0.214 e. The van der Waals surface area contributed by atoms with Crippen molar-refractivity contribution in [3.05, 3.63) is 64.8 Å². The molecule has 0 aliphatic carbocycles. The van der Waals surface area contributed by atoms with Crippen LogP contribution in [0.1, 0.15) is 16.8 Å². The van der Waals surface area contributed by atoms with Crippen molar-refractivity contribution in [3.8, 4) is 16.4 Å². The highest BCUT2D eigenvalue weighted by molar-refractivity contribution is 7.98. The highest BCUT2D eigenvalue weighted by Gasteiger charge is 2.14. The third kappa shape index (κ3) is 3.38. The third-order valence-corrected chi connectivity index (χ3v) is 5.74. The van der Waals surface area contributed by atoms with Gasteiger partial charge in [0, 0.05) is 17.3 Å². The van der Waals surface area contributed by atoms with E-state index in [9.17, 15) is 0 Å². The van der Waals surface area contributed by atoms with Crippen LogP contribution in [0.3, 0.4) is 0 Å². The van der Waals surface area contributed by atoms with E-state index in [2.05, 4.69) is 56.9 Å². The van der Waals surface area contributed by atoms with E-state index < -0.39 is 0 Å². The van der Waals surface area contributed by atoms with Crippen LogP contribution in [0.5, 0.6) is 0 Å². The Hall–Kier alpha value is -2.58. The minimum atomic E-state index is 0.703. The summed E-state index contributed by atoms with van der Waals surface area (Å²) >= 11 is 3.18. The first-order valence-electron chi connectivity index (χ1n) is 8.06. The maximum atomic E-state index is 4.67. The molecule has 0 N–H and O–H groups in total. The molecule has 1 aromatic carbocycles. The van der Waals surface area contributed by atoms with Gasteiger partial charge in [-0.25, -0.2) is 4.98 Å². The fourth-order valence-corrected chi connectivity index (χ4v) is 4.34. The summed E-state index contributed by atoms with van der Waals surface area (Å²) in [6, 6.07) is 12.0. The van der Waals surface area contributed by atoms with Crippen LogP contribution < -0.4 is 0 Å². The van der Waals surface area contributed by atoms with Crippen molar-refractivity contribution in [2.75, 3.05) is 0 Å². The molecule has 3 aromatic heterocycles. The molecule has 4 aromatic rings. The van der Waals surface area contributed by atoms with Crippen molar-refractivity contribution in [3.63, 3.8) is 0 Å². The number of nitrogens with zero attached hydrogens (tertiary/aromatic N) is 6. The zero-order valence-corrected chi connectivity index (χ0v) is 16.0. The van der Waals surface area contributed by atoms with Crippen molar-refractivity contribution in [2.45, 2.75) is 24.8 Å². The van der Waals surface area contributed by atoms with E-state index in [0.29, 0.717) is 5.75 Å². The Morgan fingerprint density at radius 3 is 2.69 bits per heavy atom. The molecule has 0 fully saturated rings. The quantitative estimate of drug-likeness (QED) is 0.486. The lowest BCUT2D eigenvalue weighted by atomic mass is 10.1. The van der Waals surface area contributed by atoms with E-state index in [1.54, 1.807) is 34.0 Å². The van der Waals surface area contributed by atoms with Crippen LogP contribution in [-0.4, -0.2) is 30.2 Å². The molecule has 0 spiro atoms. The molecule has 3 heterocycles. The number of thioether (sulfide) groups is 1. The molecular formula is C18H16N6S2. The summed E-state index contributed by atoms with van der Waals surface area (Å²) in [6.45, 7) is 4.13. The molecule has 0 aliphatic heterocycles. The summed E-state index contributed by atoms with van der Waals surface area (Å²) in [4.78, 5) is 9.02. The molecular weight excluding hydrogens is 364 g/mol. The number of thiazole rings is 1. The van der Waals surface area contributed by atoms with E-state index in [1.807, 2.05) is 24.3 Å². The van der Waals surface area contributed by atoms with Crippen molar-refractivity contribution < 1.29 is 0 Å². The second-order valence-electron chi connectivity index (χ2n) is 5.76. The zero-order valence-electron chi connectivity index (χ0n) is 14.3. The van der Waals surface area contributed by atoms with Gasteiger partial charge in [0.25, 0.3) is 0 Å². The maximum absolute atomic E-state index is 4.67. The summed E-state index contributed by atoms with van der Waals surface area (Å²) in [6.07, 6.45) is 1.78. The largest absolute Gasteiger partial charge is 0.254 e. The van der Waals surface area contributed by atoms with Crippen LogP contribution in [0, 0.1) is 13.8 Å². The Bertz CT molecular complexity index is 1000. The van der Waals surface area contributed by atoms with Gasteiger partial charge >= 0.3 is 0 Å². The average Bonchev–Trinajstić information content (AvgIpc) is 3.30. The van der Waals surface area contributed by atoms with Gasteiger partial charge in [-0.05, 0) is 47.5 Å². The van der Waals surface area contributed by atoms with Crippen molar-refractivity contribution >= 4 is 23.1 Å². The molecule has 4 rings (SSSR count). The zero-order chi connectivity index (χ0) is 17.9. The summed E-state index contributed by atoms with van der Waals surface area (Å²) in [5, 5.41) is 16.0. The van der Waals surface area contributed by atoms with Gasteiger partial charge in [-0.15, -0.1) is 16.4 Å². The molecule has 8 heteroatoms. The highest BCUT2D eigenvalue weighted by Crippen LogP contribution is 2.28. The molecule has 0 saturated carbocycles. The monoisotopic (exact) mass is 380 g/mol.